The van der Waals surface area contributed by atoms with Gasteiger partial charge in [-0.3, -0.25) is 9.59 Å². The largest absolute Gasteiger partial charge is 0.545 e. The first-order valence-electron chi connectivity index (χ1n) is 36.3. The van der Waals surface area contributed by atoms with E-state index in [-0.39, 0.29) is 32.2 Å². The number of carbonyl (C=O) groups excluding carboxylic acids is 3. The summed E-state index contributed by atoms with van der Waals surface area (Å²) in [5.41, 5.74) is 0. The Morgan fingerprint density at radius 1 is 0.354 bits per heavy atom. The predicted molar refractivity (Wildman–Crippen MR) is 348 cm³/mol. The van der Waals surface area contributed by atoms with Crippen LogP contribution in [0, 0.1) is 0 Å². The second-order valence-corrected chi connectivity index (χ2v) is 26.2. The van der Waals surface area contributed by atoms with E-state index in [4.69, 9.17) is 18.9 Å². The number of hydrogen-bond donors (Lipinski definition) is 0. The maximum absolute atomic E-state index is 12.9. The Balaban J connectivity index is 3.99. The van der Waals surface area contributed by atoms with Crippen molar-refractivity contribution in [3.8, 4) is 0 Å². The first kappa shape index (κ1) is 80.0. The lowest BCUT2D eigenvalue weighted by molar-refractivity contribution is -0.870. The average molecular weight is 1160 g/mol. The number of aliphatic carboxylic acids is 1. The van der Waals surface area contributed by atoms with E-state index in [1.807, 2.05) is 21.1 Å². The van der Waals surface area contributed by atoms with Crippen molar-refractivity contribution in [2.24, 2.45) is 0 Å². The van der Waals surface area contributed by atoms with Crippen LogP contribution in [-0.4, -0.2) is 82.3 Å². The molecular weight excluding hydrogens is 1020 g/mol. The summed E-state index contributed by atoms with van der Waals surface area (Å²) in [4.78, 5) is 37.5. The molecule has 9 heteroatoms. The minimum Gasteiger partial charge on any atom is -0.545 e. The molecule has 0 aliphatic heterocycles. The van der Waals surface area contributed by atoms with Crippen LogP contribution < -0.4 is 5.11 Å². The number of hydrogen-bond acceptors (Lipinski definition) is 8. The van der Waals surface area contributed by atoms with Gasteiger partial charge in [-0.25, -0.2) is 0 Å². The molecule has 82 heavy (non-hydrogen) atoms. The van der Waals surface area contributed by atoms with Crippen LogP contribution in [0.2, 0.25) is 0 Å². The van der Waals surface area contributed by atoms with Gasteiger partial charge in [-0.15, -0.1) is 0 Å². The number of carbonyl (C=O) groups is 3. The van der Waals surface area contributed by atoms with Crippen LogP contribution in [0.25, 0.3) is 0 Å². The Bertz CT molecular complexity index is 1350. The fraction of sp³-hybridized carbons (Fsp3) is 0.932. The number of likely N-dealkylation sites (N-methyl/N-ethyl adjacent to an activating group) is 1. The highest BCUT2D eigenvalue weighted by Gasteiger charge is 2.22. The summed E-state index contributed by atoms with van der Waals surface area (Å²) in [6, 6.07) is 0. The molecule has 0 aliphatic carbocycles. The number of rotatable bonds is 69. The summed E-state index contributed by atoms with van der Waals surface area (Å²) >= 11 is 0. The molecule has 0 aromatic carbocycles. The van der Waals surface area contributed by atoms with Crippen LogP contribution in [0.1, 0.15) is 380 Å². The maximum Gasteiger partial charge on any atom is 0.306 e. The molecule has 0 bridgehead atoms. The first-order valence-corrected chi connectivity index (χ1v) is 36.3. The highest BCUT2D eigenvalue weighted by atomic mass is 16.7. The number of unbranched alkanes of at least 4 members (excludes halogenated alkanes) is 52. The van der Waals surface area contributed by atoms with Crippen LogP contribution in [-0.2, 0) is 33.3 Å². The monoisotopic (exact) mass is 1160 g/mol. The van der Waals surface area contributed by atoms with E-state index in [0.717, 1.165) is 38.5 Å². The lowest BCUT2D eigenvalue weighted by Crippen LogP contribution is -2.44. The molecule has 2 atom stereocenters. The second kappa shape index (κ2) is 65.0. The summed E-state index contributed by atoms with van der Waals surface area (Å²) < 4.78 is 22.8. The maximum atomic E-state index is 12.9. The van der Waals surface area contributed by atoms with E-state index >= 15 is 0 Å². The SMILES string of the molecule is CCCCCCCCCC/C=C\CCCCCCCCCCCCCCCCCCCCCCCCCC(=O)OC(COC(=O)CCCCCCCCCCCCCCCCCCCCCCCC)COC(OCC[N+](C)(C)C)C(=O)[O-]. The van der Waals surface area contributed by atoms with Gasteiger partial charge >= 0.3 is 11.9 Å². The third-order valence-corrected chi connectivity index (χ3v) is 16.8. The van der Waals surface area contributed by atoms with Gasteiger partial charge in [0.2, 0.25) is 0 Å². The van der Waals surface area contributed by atoms with Crippen LogP contribution in [0.3, 0.4) is 0 Å². The Kier molecular flexibility index (Phi) is 63.5. The van der Waals surface area contributed by atoms with Crippen molar-refractivity contribution >= 4 is 17.9 Å². The van der Waals surface area contributed by atoms with Gasteiger partial charge in [0, 0.05) is 12.8 Å². The van der Waals surface area contributed by atoms with Gasteiger partial charge in [0.25, 0.3) is 0 Å². The molecule has 2 unspecified atom stereocenters. The van der Waals surface area contributed by atoms with Gasteiger partial charge in [-0.2, -0.15) is 0 Å². The van der Waals surface area contributed by atoms with E-state index in [9.17, 15) is 19.5 Å². The van der Waals surface area contributed by atoms with E-state index < -0.39 is 24.3 Å². The number of carboxylic acids is 1. The van der Waals surface area contributed by atoms with Crippen molar-refractivity contribution in [3.63, 3.8) is 0 Å². The minimum absolute atomic E-state index is 0.153. The first-order chi connectivity index (χ1) is 40.1. The van der Waals surface area contributed by atoms with Crippen molar-refractivity contribution in [3.05, 3.63) is 12.2 Å². The van der Waals surface area contributed by atoms with Gasteiger partial charge in [-0.1, -0.05) is 341 Å². The summed E-state index contributed by atoms with van der Waals surface area (Å²) in [5.74, 6) is -2.25. The highest BCUT2D eigenvalue weighted by molar-refractivity contribution is 5.70. The number of ether oxygens (including phenoxy) is 4. The molecular formula is C73H141NO8. The van der Waals surface area contributed by atoms with E-state index in [0.29, 0.717) is 17.4 Å². The number of carboxylic acid groups (broad SMARTS) is 1. The zero-order valence-electron chi connectivity index (χ0n) is 55.7. The van der Waals surface area contributed by atoms with E-state index in [2.05, 4.69) is 26.0 Å². The molecule has 0 heterocycles. The number of quaternary nitrogens is 1. The summed E-state index contributed by atoms with van der Waals surface area (Å²) in [7, 11) is 5.95. The fourth-order valence-corrected chi connectivity index (χ4v) is 11.2. The molecule has 0 amide bonds. The predicted octanol–water partition coefficient (Wildman–Crippen LogP) is 21.1. The van der Waals surface area contributed by atoms with Crippen molar-refractivity contribution < 1.29 is 42.9 Å². The van der Waals surface area contributed by atoms with Crippen LogP contribution in [0.4, 0.5) is 0 Å². The zero-order chi connectivity index (χ0) is 59.8. The van der Waals surface area contributed by atoms with Crippen LogP contribution >= 0.6 is 0 Å². The van der Waals surface area contributed by atoms with Crippen molar-refractivity contribution in [1.29, 1.82) is 0 Å². The molecule has 0 saturated carbocycles. The van der Waals surface area contributed by atoms with Crippen molar-refractivity contribution in [2.45, 2.75) is 392 Å². The fourth-order valence-electron chi connectivity index (χ4n) is 11.2. The van der Waals surface area contributed by atoms with E-state index in [1.54, 1.807) is 0 Å². The van der Waals surface area contributed by atoms with Gasteiger partial charge in [0.05, 0.1) is 40.3 Å². The van der Waals surface area contributed by atoms with Gasteiger partial charge in [0.15, 0.2) is 12.4 Å². The lowest BCUT2D eigenvalue weighted by atomic mass is 10.0. The quantitative estimate of drug-likeness (QED) is 0.0195. The Hall–Kier alpha value is -1.97. The Labute approximate surface area is 510 Å². The molecule has 9 nitrogen and oxygen atoms in total. The van der Waals surface area contributed by atoms with Gasteiger partial charge < -0.3 is 33.3 Å². The Morgan fingerprint density at radius 3 is 0.902 bits per heavy atom. The smallest absolute Gasteiger partial charge is 0.306 e. The molecule has 0 aromatic rings. The molecule has 486 valence electrons. The van der Waals surface area contributed by atoms with Gasteiger partial charge in [-0.05, 0) is 38.5 Å². The molecule has 0 fully saturated rings. The standard InChI is InChI=1S/C73H141NO8/c1-6-8-10-12-14-16-18-20-22-24-26-28-30-31-32-33-34-35-36-37-38-39-40-41-42-44-46-48-50-52-54-56-58-60-62-64-71(76)82-69(68-81-73(72(77)78)79-66-65-74(3,4)5)67-80-70(75)63-61-59-57-55-53-51-49-47-45-43-29-27-25-23-21-19-17-15-13-11-9-7-2/h24,26,69,73H,6-23,25,27-68H2,1-5H3/b26-24-. The zero-order valence-corrected chi connectivity index (χ0v) is 55.7. The molecule has 0 aromatic heterocycles. The third-order valence-electron chi connectivity index (χ3n) is 16.8. The van der Waals surface area contributed by atoms with Crippen molar-refractivity contribution in [2.75, 3.05) is 47.5 Å². The van der Waals surface area contributed by atoms with Crippen molar-refractivity contribution in [1.82, 2.24) is 0 Å². The molecule has 0 radical (unpaired) electrons. The molecule has 0 saturated heterocycles. The highest BCUT2D eigenvalue weighted by Crippen LogP contribution is 2.19. The number of nitrogens with zero attached hydrogens (tertiary/aromatic N) is 1. The normalized spacial score (nSPS) is 12.6. The third kappa shape index (κ3) is 65.6. The molecule has 0 aliphatic rings. The summed E-state index contributed by atoms with van der Waals surface area (Å²) in [6.07, 6.45) is 76.0. The summed E-state index contributed by atoms with van der Waals surface area (Å²) in [6.45, 7) is 4.83. The van der Waals surface area contributed by atoms with Crippen LogP contribution in [0.15, 0.2) is 12.2 Å². The lowest BCUT2D eigenvalue weighted by Gasteiger charge is -2.26. The topological polar surface area (TPSA) is 111 Å². The second-order valence-electron chi connectivity index (χ2n) is 26.2. The molecule has 0 N–H and O–H groups in total. The summed E-state index contributed by atoms with van der Waals surface area (Å²) in [5, 5.41) is 11.8. The Morgan fingerprint density at radius 2 is 0.622 bits per heavy atom. The van der Waals surface area contributed by atoms with Gasteiger partial charge in [0.1, 0.15) is 13.2 Å². The minimum atomic E-state index is -1.62. The number of allylic oxidation sites excluding steroid dienone is 2. The number of esters is 2. The van der Waals surface area contributed by atoms with Crippen LogP contribution in [0.5, 0.6) is 0 Å². The van der Waals surface area contributed by atoms with E-state index in [1.165, 1.54) is 315 Å². The molecule has 0 spiro atoms. The molecule has 0 rings (SSSR count). The average Bonchev–Trinajstić information content (AvgIpc) is 3.45.